The molecule has 0 spiro atoms. The van der Waals surface area contributed by atoms with E-state index in [1.165, 1.54) is 0 Å². The maximum atomic E-state index is 12.0. The zero-order chi connectivity index (χ0) is 11.0. The molecular formula is C8H5F7. The van der Waals surface area contributed by atoms with Crippen molar-refractivity contribution in [3.8, 4) is 0 Å². The molecule has 0 radical (unpaired) electrons. The Morgan fingerprint density at radius 2 is 1.07 bits per heavy atom. The lowest BCUT2D eigenvalue weighted by molar-refractivity contribution is -0.143. The number of rotatable bonds is 0. The Balaban J connectivity index is 0.00000196. The van der Waals surface area contributed by atoms with Crippen molar-refractivity contribution in [3.63, 3.8) is 0 Å². The van der Waals surface area contributed by atoms with Crippen molar-refractivity contribution >= 4 is 0 Å². The van der Waals surface area contributed by atoms with Gasteiger partial charge in [0.15, 0.2) is 0 Å². The van der Waals surface area contributed by atoms with Crippen molar-refractivity contribution in [1.29, 1.82) is 0 Å². The smallest absolute Gasteiger partial charge is 0.269 e. The molecule has 0 aromatic heterocycles. The van der Waals surface area contributed by atoms with Gasteiger partial charge in [-0.3, -0.25) is 4.70 Å². The molecule has 15 heavy (non-hydrogen) atoms. The van der Waals surface area contributed by atoms with Gasteiger partial charge in [0.25, 0.3) is 0 Å². The van der Waals surface area contributed by atoms with Crippen LogP contribution in [0.2, 0.25) is 0 Å². The average molecular weight is 234 g/mol. The van der Waals surface area contributed by atoms with Crippen LogP contribution in [0.1, 0.15) is 11.1 Å². The summed E-state index contributed by atoms with van der Waals surface area (Å²) in [6.45, 7) is 0. The average Bonchev–Trinajstić information content (AvgIpc) is 2.01. The van der Waals surface area contributed by atoms with Crippen LogP contribution in [0.5, 0.6) is 0 Å². The van der Waals surface area contributed by atoms with Gasteiger partial charge in [0.05, 0.1) is 11.1 Å². The first-order valence-corrected chi connectivity index (χ1v) is 3.46. The summed E-state index contributed by atoms with van der Waals surface area (Å²) in [5.41, 5.74) is -2.60. The zero-order valence-electron chi connectivity index (χ0n) is 6.99. The molecule has 1 aromatic carbocycles. The third kappa shape index (κ3) is 3.41. The summed E-state index contributed by atoms with van der Waals surface area (Å²) in [6.07, 6.45) is -9.50. The van der Waals surface area contributed by atoms with E-state index in [4.69, 9.17) is 0 Å². The largest absolute Gasteiger partial charge is 0.416 e. The summed E-state index contributed by atoms with van der Waals surface area (Å²) >= 11 is 0. The van der Waals surface area contributed by atoms with Gasteiger partial charge in [-0.05, 0) is 18.2 Å². The minimum absolute atomic E-state index is 0. The van der Waals surface area contributed by atoms with Gasteiger partial charge in [-0.25, -0.2) is 0 Å². The molecular weight excluding hydrogens is 229 g/mol. The highest BCUT2D eigenvalue weighted by atomic mass is 19.4. The van der Waals surface area contributed by atoms with Crippen LogP contribution in [0.3, 0.4) is 0 Å². The number of halogens is 7. The van der Waals surface area contributed by atoms with Crippen LogP contribution in [0.4, 0.5) is 31.0 Å². The van der Waals surface area contributed by atoms with Crippen molar-refractivity contribution in [1.82, 2.24) is 0 Å². The van der Waals surface area contributed by atoms with Gasteiger partial charge in [-0.1, -0.05) is 6.07 Å². The van der Waals surface area contributed by atoms with Crippen LogP contribution in [-0.2, 0) is 12.4 Å². The summed E-state index contributed by atoms with van der Waals surface area (Å²) in [7, 11) is 0. The minimum atomic E-state index is -4.75. The molecule has 86 valence electrons. The van der Waals surface area contributed by atoms with E-state index in [0.717, 1.165) is 6.07 Å². The number of hydrogen-bond acceptors (Lipinski definition) is 0. The minimum Gasteiger partial charge on any atom is -0.269 e. The summed E-state index contributed by atoms with van der Waals surface area (Å²) in [5, 5.41) is 0. The number of benzene rings is 1. The fourth-order valence-electron chi connectivity index (χ4n) is 0.872. The Morgan fingerprint density at radius 1 is 0.733 bits per heavy atom. The Hall–Kier alpha value is -1.27. The molecule has 0 aliphatic heterocycles. The second kappa shape index (κ2) is 4.08. The Kier molecular flexibility index (Phi) is 3.73. The van der Waals surface area contributed by atoms with E-state index in [-0.39, 0.29) is 10.8 Å². The predicted octanol–water partition coefficient (Wildman–Crippen LogP) is 3.88. The molecule has 0 nitrogen and oxygen atoms in total. The van der Waals surface area contributed by atoms with Gasteiger partial charge in [-0.2, -0.15) is 26.3 Å². The summed E-state index contributed by atoms with van der Waals surface area (Å²) < 4.78 is 71.9. The van der Waals surface area contributed by atoms with Crippen LogP contribution >= 0.6 is 0 Å². The first kappa shape index (κ1) is 13.7. The van der Waals surface area contributed by atoms with E-state index in [9.17, 15) is 26.3 Å². The van der Waals surface area contributed by atoms with Gasteiger partial charge in [0.1, 0.15) is 0 Å². The van der Waals surface area contributed by atoms with Crippen LogP contribution in [0.25, 0.3) is 0 Å². The Labute approximate surface area is 79.9 Å². The van der Waals surface area contributed by atoms with Crippen molar-refractivity contribution in [2.75, 3.05) is 0 Å². The molecule has 0 fully saturated rings. The number of alkyl halides is 6. The van der Waals surface area contributed by atoms with Crippen LogP contribution in [0, 0.1) is 0 Å². The van der Waals surface area contributed by atoms with Gasteiger partial charge >= 0.3 is 12.4 Å². The van der Waals surface area contributed by atoms with Gasteiger partial charge in [-0.15, -0.1) is 0 Å². The normalized spacial score (nSPS) is 12.1. The van der Waals surface area contributed by atoms with E-state index in [0.29, 0.717) is 12.1 Å². The molecule has 0 saturated carbocycles. The highest BCUT2D eigenvalue weighted by Gasteiger charge is 2.35. The predicted molar refractivity (Wildman–Crippen MR) is 38.9 cm³/mol. The summed E-state index contributed by atoms with van der Waals surface area (Å²) in [4.78, 5) is 0. The zero-order valence-corrected chi connectivity index (χ0v) is 6.99. The number of hydrogen-bond donors (Lipinski definition) is 0. The highest BCUT2D eigenvalue weighted by molar-refractivity contribution is 5.27. The van der Waals surface area contributed by atoms with E-state index in [1.54, 1.807) is 0 Å². The fraction of sp³-hybridized carbons (Fsp3) is 0.250. The maximum absolute atomic E-state index is 12.0. The Bertz CT molecular complexity index is 293. The monoisotopic (exact) mass is 234 g/mol. The van der Waals surface area contributed by atoms with E-state index < -0.39 is 23.5 Å². The van der Waals surface area contributed by atoms with Gasteiger partial charge in [0.2, 0.25) is 0 Å². The van der Waals surface area contributed by atoms with E-state index in [2.05, 4.69) is 0 Å². The second-order valence-corrected chi connectivity index (χ2v) is 2.58. The van der Waals surface area contributed by atoms with Crippen molar-refractivity contribution in [2.24, 2.45) is 0 Å². The summed E-state index contributed by atoms with van der Waals surface area (Å²) in [5.74, 6) is 0. The molecule has 0 bridgehead atoms. The van der Waals surface area contributed by atoms with Crippen LogP contribution in [0.15, 0.2) is 24.3 Å². The molecule has 0 amide bonds. The van der Waals surface area contributed by atoms with Crippen molar-refractivity contribution in [3.05, 3.63) is 35.4 Å². The fourth-order valence-corrected chi connectivity index (χ4v) is 0.872. The molecule has 0 unspecified atom stereocenters. The van der Waals surface area contributed by atoms with Gasteiger partial charge in [0, 0.05) is 0 Å². The van der Waals surface area contributed by atoms with E-state index in [1.807, 2.05) is 0 Å². The lowest BCUT2D eigenvalue weighted by Gasteiger charge is -2.10. The second-order valence-electron chi connectivity index (χ2n) is 2.58. The molecule has 0 saturated heterocycles. The lowest BCUT2D eigenvalue weighted by Crippen LogP contribution is -2.09. The van der Waals surface area contributed by atoms with Crippen molar-refractivity contribution in [2.45, 2.75) is 12.4 Å². The lowest BCUT2D eigenvalue weighted by atomic mass is 10.1. The summed E-state index contributed by atoms with van der Waals surface area (Å²) in [6, 6.07) is 2.00. The molecule has 0 aliphatic rings. The standard InChI is InChI=1S/C8H4F6.FH/c9-7(10,11)5-2-1-3-6(4-5)8(12,13)14;/h1-4H;1H. The SMILES string of the molecule is F.FC(F)(F)c1cccc(C(F)(F)F)c1. The molecule has 0 heterocycles. The third-order valence-electron chi connectivity index (χ3n) is 1.52. The molecule has 7 heteroatoms. The maximum Gasteiger partial charge on any atom is 0.416 e. The first-order chi connectivity index (χ1) is 6.21. The third-order valence-corrected chi connectivity index (χ3v) is 1.52. The molecule has 0 N–H and O–H groups in total. The van der Waals surface area contributed by atoms with Crippen molar-refractivity contribution < 1.29 is 31.0 Å². The molecule has 1 rings (SSSR count). The quantitative estimate of drug-likeness (QED) is 0.597. The molecule has 1 aromatic rings. The Morgan fingerprint density at radius 3 is 1.33 bits per heavy atom. The highest BCUT2D eigenvalue weighted by Crippen LogP contribution is 2.34. The van der Waals surface area contributed by atoms with Crippen LogP contribution < -0.4 is 0 Å². The molecule has 0 atom stereocenters. The first-order valence-electron chi connectivity index (χ1n) is 3.46. The topological polar surface area (TPSA) is 0 Å². The van der Waals surface area contributed by atoms with E-state index >= 15 is 0 Å². The molecule has 0 aliphatic carbocycles. The van der Waals surface area contributed by atoms with Gasteiger partial charge < -0.3 is 0 Å². The van der Waals surface area contributed by atoms with Crippen LogP contribution in [-0.4, -0.2) is 0 Å².